The standard InChI is InChI=1S/C21H19FN2O3S2/c22-16-7-5-15(6-8-16)9-10-23-20(25)11-27-21(26)18-3-1-2-4-19(18)29-13-17-12-28-14-24-17/h1-8,12,14H,9-11,13H2,(H,23,25). The van der Waals surface area contributed by atoms with Gasteiger partial charge in [-0.2, -0.15) is 0 Å². The first-order chi connectivity index (χ1) is 14.1. The zero-order chi connectivity index (χ0) is 20.5. The molecule has 0 spiro atoms. The van der Waals surface area contributed by atoms with Crippen molar-refractivity contribution < 1.29 is 18.7 Å². The van der Waals surface area contributed by atoms with Crippen molar-refractivity contribution >= 4 is 35.0 Å². The minimum Gasteiger partial charge on any atom is -0.452 e. The van der Waals surface area contributed by atoms with E-state index in [9.17, 15) is 14.0 Å². The summed E-state index contributed by atoms with van der Waals surface area (Å²) in [6.45, 7) is 0.0232. The minimum absolute atomic E-state index is 0.297. The summed E-state index contributed by atoms with van der Waals surface area (Å²) in [6, 6.07) is 13.2. The maximum absolute atomic E-state index is 12.9. The average Bonchev–Trinajstić information content (AvgIpc) is 3.26. The lowest BCUT2D eigenvalue weighted by Gasteiger charge is -2.09. The smallest absolute Gasteiger partial charge is 0.339 e. The molecule has 5 nitrogen and oxygen atoms in total. The number of rotatable bonds is 9. The molecule has 0 aliphatic carbocycles. The number of halogens is 1. The Morgan fingerprint density at radius 2 is 1.93 bits per heavy atom. The van der Waals surface area contributed by atoms with Gasteiger partial charge in [0.25, 0.3) is 5.91 Å². The Labute approximate surface area is 176 Å². The zero-order valence-electron chi connectivity index (χ0n) is 15.5. The summed E-state index contributed by atoms with van der Waals surface area (Å²) in [4.78, 5) is 29.3. The number of esters is 1. The monoisotopic (exact) mass is 430 g/mol. The summed E-state index contributed by atoms with van der Waals surface area (Å²) in [5.41, 5.74) is 4.05. The van der Waals surface area contributed by atoms with Crippen LogP contribution in [0.5, 0.6) is 0 Å². The molecule has 1 amide bonds. The fraction of sp³-hybridized carbons (Fsp3) is 0.190. The van der Waals surface area contributed by atoms with E-state index in [0.29, 0.717) is 24.3 Å². The number of benzene rings is 2. The number of thiazole rings is 1. The molecule has 0 unspecified atom stereocenters. The SMILES string of the molecule is O=C(COC(=O)c1ccccc1SCc1cscn1)NCCc1ccc(F)cc1. The number of carbonyl (C=O) groups is 2. The maximum atomic E-state index is 12.9. The van der Waals surface area contributed by atoms with Crippen LogP contribution in [-0.2, 0) is 21.7 Å². The number of amides is 1. The predicted octanol–water partition coefficient (Wildman–Crippen LogP) is 4.09. The van der Waals surface area contributed by atoms with Crippen LogP contribution in [0.2, 0.25) is 0 Å². The van der Waals surface area contributed by atoms with E-state index in [0.717, 1.165) is 16.2 Å². The maximum Gasteiger partial charge on any atom is 0.339 e. The van der Waals surface area contributed by atoms with Gasteiger partial charge in [-0.25, -0.2) is 14.2 Å². The molecule has 3 aromatic rings. The average molecular weight is 431 g/mol. The number of ether oxygens (including phenoxy) is 1. The number of hydrogen-bond acceptors (Lipinski definition) is 6. The molecule has 0 bridgehead atoms. The summed E-state index contributed by atoms with van der Waals surface area (Å²) < 4.78 is 18.0. The van der Waals surface area contributed by atoms with Crippen molar-refractivity contribution in [1.82, 2.24) is 10.3 Å². The van der Waals surface area contributed by atoms with Gasteiger partial charge < -0.3 is 10.1 Å². The largest absolute Gasteiger partial charge is 0.452 e. The number of nitrogens with one attached hydrogen (secondary N) is 1. The molecule has 0 fully saturated rings. The fourth-order valence-corrected chi connectivity index (χ4v) is 4.09. The lowest BCUT2D eigenvalue weighted by Crippen LogP contribution is -2.30. The van der Waals surface area contributed by atoms with E-state index < -0.39 is 5.97 Å². The van der Waals surface area contributed by atoms with Crippen LogP contribution in [0.25, 0.3) is 0 Å². The molecule has 0 aliphatic heterocycles. The third-order valence-corrected chi connectivity index (χ3v) is 5.69. The summed E-state index contributed by atoms with van der Waals surface area (Å²) >= 11 is 3.02. The lowest BCUT2D eigenvalue weighted by molar-refractivity contribution is -0.124. The molecule has 150 valence electrons. The van der Waals surface area contributed by atoms with Gasteiger partial charge in [0.15, 0.2) is 6.61 Å². The quantitative estimate of drug-likeness (QED) is 0.409. The van der Waals surface area contributed by atoms with Gasteiger partial charge in [-0.3, -0.25) is 4.79 Å². The highest BCUT2D eigenvalue weighted by Gasteiger charge is 2.15. The molecule has 0 atom stereocenters. The van der Waals surface area contributed by atoms with Crippen molar-refractivity contribution in [3.63, 3.8) is 0 Å². The summed E-state index contributed by atoms with van der Waals surface area (Å²) in [5.74, 6) is -0.569. The van der Waals surface area contributed by atoms with E-state index in [4.69, 9.17) is 4.74 Å². The Morgan fingerprint density at radius 3 is 2.69 bits per heavy atom. The highest BCUT2D eigenvalue weighted by Crippen LogP contribution is 2.26. The van der Waals surface area contributed by atoms with Gasteiger partial charge in [0.1, 0.15) is 5.82 Å². The minimum atomic E-state index is -0.542. The van der Waals surface area contributed by atoms with E-state index in [-0.39, 0.29) is 18.3 Å². The zero-order valence-corrected chi connectivity index (χ0v) is 17.1. The first kappa shape index (κ1) is 21.0. The third-order valence-electron chi connectivity index (χ3n) is 3.95. The molecular weight excluding hydrogens is 411 g/mol. The van der Waals surface area contributed by atoms with Gasteiger partial charge in [-0.1, -0.05) is 24.3 Å². The summed E-state index contributed by atoms with van der Waals surface area (Å²) in [7, 11) is 0. The van der Waals surface area contributed by atoms with Crippen LogP contribution in [-0.4, -0.2) is 30.0 Å². The summed E-state index contributed by atoms with van der Waals surface area (Å²) in [6.07, 6.45) is 0.566. The van der Waals surface area contributed by atoms with E-state index in [1.165, 1.54) is 35.2 Å². The number of aromatic nitrogens is 1. The molecule has 1 aromatic heterocycles. The molecule has 2 aromatic carbocycles. The number of thioether (sulfide) groups is 1. The molecule has 3 rings (SSSR count). The first-order valence-corrected chi connectivity index (χ1v) is 10.8. The number of hydrogen-bond donors (Lipinski definition) is 1. The second kappa shape index (κ2) is 10.7. The first-order valence-electron chi connectivity index (χ1n) is 8.89. The Morgan fingerprint density at radius 1 is 1.14 bits per heavy atom. The van der Waals surface area contributed by atoms with Crippen molar-refractivity contribution in [3.8, 4) is 0 Å². The van der Waals surface area contributed by atoms with Crippen LogP contribution in [0, 0.1) is 5.82 Å². The van der Waals surface area contributed by atoms with E-state index in [1.807, 2.05) is 17.5 Å². The van der Waals surface area contributed by atoms with Crippen LogP contribution in [0.4, 0.5) is 4.39 Å². The Hall–Kier alpha value is -2.71. The molecule has 0 saturated carbocycles. The molecule has 29 heavy (non-hydrogen) atoms. The van der Waals surface area contributed by atoms with Gasteiger partial charge >= 0.3 is 5.97 Å². The second-order valence-electron chi connectivity index (χ2n) is 6.07. The van der Waals surface area contributed by atoms with E-state index in [2.05, 4.69) is 10.3 Å². The second-order valence-corrected chi connectivity index (χ2v) is 7.80. The van der Waals surface area contributed by atoms with Crippen molar-refractivity contribution in [2.24, 2.45) is 0 Å². The molecule has 1 heterocycles. The molecule has 0 aliphatic rings. The number of carbonyl (C=O) groups excluding carboxylic acids is 2. The Balaban J connectivity index is 1.45. The van der Waals surface area contributed by atoms with Gasteiger partial charge in [-0.05, 0) is 36.2 Å². The van der Waals surface area contributed by atoms with E-state index >= 15 is 0 Å². The van der Waals surface area contributed by atoms with Gasteiger partial charge in [0, 0.05) is 22.6 Å². The van der Waals surface area contributed by atoms with Crippen LogP contribution >= 0.6 is 23.1 Å². The highest BCUT2D eigenvalue weighted by atomic mass is 32.2. The number of nitrogens with zero attached hydrogens (tertiary/aromatic N) is 1. The lowest BCUT2D eigenvalue weighted by atomic mass is 10.1. The normalized spacial score (nSPS) is 10.5. The van der Waals surface area contributed by atoms with Gasteiger partial charge in [-0.15, -0.1) is 23.1 Å². The van der Waals surface area contributed by atoms with Crippen LogP contribution < -0.4 is 5.32 Å². The van der Waals surface area contributed by atoms with Crippen LogP contribution in [0.3, 0.4) is 0 Å². The highest BCUT2D eigenvalue weighted by molar-refractivity contribution is 7.98. The summed E-state index contributed by atoms with van der Waals surface area (Å²) in [5, 5.41) is 4.65. The van der Waals surface area contributed by atoms with Crippen molar-refractivity contribution in [2.45, 2.75) is 17.1 Å². The van der Waals surface area contributed by atoms with Crippen molar-refractivity contribution in [2.75, 3.05) is 13.2 Å². The van der Waals surface area contributed by atoms with E-state index in [1.54, 1.807) is 29.8 Å². The predicted molar refractivity (Wildman–Crippen MR) is 112 cm³/mol. The molecule has 1 N–H and O–H groups in total. The van der Waals surface area contributed by atoms with Crippen LogP contribution in [0.15, 0.2) is 64.3 Å². The molecule has 0 saturated heterocycles. The fourth-order valence-electron chi connectivity index (χ4n) is 2.48. The van der Waals surface area contributed by atoms with Crippen molar-refractivity contribution in [1.29, 1.82) is 0 Å². The van der Waals surface area contributed by atoms with Gasteiger partial charge in [0.05, 0.1) is 16.8 Å². The molecule has 0 radical (unpaired) electrons. The molecule has 8 heteroatoms. The Kier molecular flexibility index (Phi) is 7.77. The molecular formula is C21H19FN2O3S2. The third kappa shape index (κ3) is 6.69. The van der Waals surface area contributed by atoms with Gasteiger partial charge in [0.2, 0.25) is 0 Å². The Bertz CT molecular complexity index is 947. The topological polar surface area (TPSA) is 68.3 Å². The van der Waals surface area contributed by atoms with Crippen molar-refractivity contribution in [3.05, 3.63) is 82.1 Å². The van der Waals surface area contributed by atoms with Crippen LogP contribution in [0.1, 0.15) is 21.6 Å².